The zero-order chi connectivity index (χ0) is 15.6. The lowest BCUT2D eigenvalue weighted by Crippen LogP contribution is -2.11. The highest BCUT2D eigenvalue weighted by molar-refractivity contribution is 6.31. The Kier molecular flexibility index (Phi) is 4.60. The molecule has 21 heavy (non-hydrogen) atoms. The van der Waals surface area contributed by atoms with Crippen molar-refractivity contribution in [3.8, 4) is 11.5 Å². The van der Waals surface area contributed by atoms with E-state index in [1.807, 2.05) is 25.1 Å². The minimum absolute atomic E-state index is 0.107. The molecule has 0 amide bonds. The normalized spacial score (nSPS) is 11.5. The molecule has 0 aromatic heterocycles. The summed E-state index contributed by atoms with van der Waals surface area (Å²) >= 11 is 6.08. The predicted molar refractivity (Wildman–Crippen MR) is 87.3 cm³/mol. The van der Waals surface area contributed by atoms with E-state index < -0.39 is 0 Å². The Morgan fingerprint density at radius 1 is 1.10 bits per heavy atom. The van der Waals surface area contributed by atoms with Crippen LogP contribution >= 0.6 is 11.6 Å². The van der Waals surface area contributed by atoms with Crippen LogP contribution < -0.4 is 4.74 Å². The van der Waals surface area contributed by atoms with E-state index in [0.717, 1.165) is 11.3 Å². The van der Waals surface area contributed by atoms with E-state index in [-0.39, 0.29) is 12.0 Å². The van der Waals surface area contributed by atoms with Crippen LogP contribution in [0.25, 0.3) is 0 Å². The molecule has 0 aliphatic rings. The molecule has 2 aromatic rings. The third-order valence-corrected chi connectivity index (χ3v) is 3.85. The van der Waals surface area contributed by atoms with Gasteiger partial charge < -0.3 is 9.84 Å². The molecule has 2 aromatic carbocycles. The first kappa shape index (κ1) is 15.9. The van der Waals surface area contributed by atoms with Crippen molar-refractivity contribution in [1.82, 2.24) is 0 Å². The van der Waals surface area contributed by atoms with Gasteiger partial charge in [-0.05, 0) is 41.7 Å². The van der Waals surface area contributed by atoms with E-state index in [4.69, 9.17) is 16.3 Å². The van der Waals surface area contributed by atoms with Crippen molar-refractivity contribution in [2.45, 2.75) is 39.7 Å². The maximum Gasteiger partial charge on any atom is 0.134 e. The fourth-order valence-electron chi connectivity index (χ4n) is 2.14. The molecule has 0 heterocycles. The lowest BCUT2D eigenvalue weighted by atomic mass is 9.86. The molecule has 0 unspecified atom stereocenters. The SMILES string of the molecule is Cc1cc(C(C)(C)C)ccc1Oc1cccc(Cl)c1CO. The fraction of sp³-hybridized carbons (Fsp3) is 0.333. The van der Waals surface area contributed by atoms with Gasteiger partial charge in [-0.2, -0.15) is 0 Å². The van der Waals surface area contributed by atoms with E-state index in [9.17, 15) is 5.11 Å². The molecular weight excluding hydrogens is 284 g/mol. The zero-order valence-electron chi connectivity index (χ0n) is 12.9. The lowest BCUT2D eigenvalue weighted by molar-refractivity contribution is 0.276. The highest BCUT2D eigenvalue weighted by atomic mass is 35.5. The molecule has 2 nitrogen and oxygen atoms in total. The van der Waals surface area contributed by atoms with Crippen LogP contribution in [-0.2, 0) is 12.0 Å². The Labute approximate surface area is 131 Å². The van der Waals surface area contributed by atoms with E-state index >= 15 is 0 Å². The molecule has 0 spiro atoms. The van der Waals surface area contributed by atoms with Crippen LogP contribution in [0, 0.1) is 6.92 Å². The van der Waals surface area contributed by atoms with Gasteiger partial charge in [0.15, 0.2) is 0 Å². The standard InChI is InChI=1S/C18H21ClO2/c1-12-10-13(18(2,3)4)8-9-16(12)21-17-7-5-6-15(19)14(17)11-20/h5-10,20H,11H2,1-4H3. The third-order valence-electron chi connectivity index (χ3n) is 3.49. The number of aryl methyl sites for hydroxylation is 1. The molecule has 0 saturated carbocycles. The maximum absolute atomic E-state index is 9.43. The molecule has 1 N–H and O–H groups in total. The molecule has 2 rings (SSSR count). The molecule has 0 fully saturated rings. The predicted octanol–water partition coefficient (Wildman–Crippen LogP) is 5.23. The minimum Gasteiger partial charge on any atom is -0.457 e. The topological polar surface area (TPSA) is 29.5 Å². The van der Waals surface area contributed by atoms with Gasteiger partial charge >= 0.3 is 0 Å². The fourth-order valence-corrected chi connectivity index (χ4v) is 2.36. The average Bonchev–Trinajstić information content (AvgIpc) is 2.40. The summed E-state index contributed by atoms with van der Waals surface area (Å²) in [6.45, 7) is 8.43. The Morgan fingerprint density at radius 3 is 2.38 bits per heavy atom. The van der Waals surface area contributed by atoms with Crippen LogP contribution in [0.2, 0.25) is 5.02 Å². The summed E-state index contributed by atoms with van der Waals surface area (Å²) in [4.78, 5) is 0. The van der Waals surface area contributed by atoms with Crippen molar-refractivity contribution in [2.75, 3.05) is 0 Å². The van der Waals surface area contributed by atoms with Gasteiger partial charge in [-0.3, -0.25) is 0 Å². The Morgan fingerprint density at radius 2 is 1.81 bits per heavy atom. The molecule has 0 bridgehead atoms. The van der Waals surface area contributed by atoms with Crippen molar-refractivity contribution in [3.63, 3.8) is 0 Å². The lowest BCUT2D eigenvalue weighted by Gasteiger charge is -2.21. The van der Waals surface area contributed by atoms with Crippen molar-refractivity contribution >= 4 is 11.6 Å². The van der Waals surface area contributed by atoms with Crippen LogP contribution in [0.4, 0.5) is 0 Å². The first-order valence-electron chi connectivity index (χ1n) is 7.00. The second kappa shape index (κ2) is 6.08. The van der Waals surface area contributed by atoms with Crippen LogP contribution in [0.15, 0.2) is 36.4 Å². The quantitative estimate of drug-likeness (QED) is 0.841. The van der Waals surface area contributed by atoms with Gasteiger partial charge in [-0.1, -0.05) is 50.6 Å². The molecule has 3 heteroatoms. The van der Waals surface area contributed by atoms with Crippen molar-refractivity contribution in [1.29, 1.82) is 0 Å². The number of rotatable bonds is 3. The Bertz CT molecular complexity index is 642. The summed E-state index contributed by atoms with van der Waals surface area (Å²) in [5.41, 5.74) is 3.04. The summed E-state index contributed by atoms with van der Waals surface area (Å²) in [6, 6.07) is 11.6. The largest absolute Gasteiger partial charge is 0.457 e. The third kappa shape index (κ3) is 3.58. The van der Waals surface area contributed by atoms with E-state index in [1.54, 1.807) is 6.07 Å². The van der Waals surface area contributed by atoms with Crippen LogP contribution in [-0.4, -0.2) is 5.11 Å². The molecule has 0 radical (unpaired) electrons. The van der Waals surface area contributed by atoms with Gasteiger partial charge in [-0.25, -0.2) is 0 Å². The summed E-state index contributed by atoms with van der Waals surface area (Å²) in [6.07, 6.45) is 0. The van der Waals surface area contributed by atoms with Crippen molar-refractivity contribution < 1.29 is 9.84 Å². The molecule has 0 saturated heterocycles. The molecule has 0 atom stereocenters. The van der Waals surface area contributed by atoms with Gasteiger partial charge in [-0.15, -0.1) is 0 Å². The number of hydrogen-bond acceptors (Lipinski definition) is 2. The molecule has 0 aliphatic heterocycles. The van der Waals surface area contributed by atoms with Gasteiger partial charge in [0, 0.05) is 10.6 Å². The second-order valence-electron chi connectivity index (χ2n) is 6.21. The number of aliphatic hydroxyl groups is 1. The maximum atomic E-state index is 9.43. The van der Waals surface area contributed by atoms with E-state index in [1.165, 1.54) is 5.56 Å². The van der Waals surface area contributed by atoms with Gasteiger partial charge in [0.1, 0.15) is 11.5 Å². The summed E-state index contributed by atoms with van der Waals surface area (Å²) in [5, 5.41) is 9.95. The first-order chi connectivity index (χ1) is 9.82. The first-order valence-corrected chi connectivity index (χ1v) is 7.38. The van der Waals surface area contributed by atoms with Crippen LogP contribution in [0.1, 0.15) is 37.5 Å². The van der Waals surface area contributed by atoms with Gasteiger partial charge in [0.25, 0.3) is 0 Å². The highest BCUT2D eigenvalue weighted by Gasteiger charge is 2.15. The van der Waals surface area contributed by atoms with E-state index in [0.29, 0.717) is 16.3 Å². The smallest absolute Gasteiger partial charge is 0.134 e. The van der Waals surface area contributed by atoms with Crippen molar-refractivity contribution in [2.24, 2.45) is 0 Å². The number of halogens is 1. The molecule has 0 aliphatic carbocycles. The van der Waals surface area contributed by atoms with E-state index in [2.05, 4.69) is 32.9 Å². The van der Waals surface area contributed by atoms with Crippen LogP contribution in [0.5, 0.6) is 11.5 Å². The highest BCUT2D eigenvalue weighted by Crippen LogP contribution is 2.33. The monoisotopic (exact) mass is 304 g/mol. The molecule has 112 valence electrons. The van der Waals surface area contributed by atoms with Gasteiger partial charge in [0.05, 0.1) is 6.61 Å². The zero-order valence-corrected chi connectivity index (χ0v) is 13.7. The summed E-state index contributed by atoms with van der Waals surface area (Å²) < 4.78 is 5.94. The molecular formula is C18H21ClO2. The Hall–Kier alpha value is -1.51. The minimum atomic E-state index is -0.145. The Balaban J connectivity index is 2.35. The van der Waals surface area contributed by atoms with Crippen molar-refractivity contribution in [3.05, 3.63) is 58.1 Å². The van der Waals surface area contributed by atoms with Gasteiger partial charge in [0.2, 0.25) is 0 Å². The number of benzene rings is 2. The average molecular weight is 305 g/mol. The van der Waals surface area contributed by atoms with Crippen LogP contribution in [0.3, 0.4) is 0 Å². The second-order valence-corrected chi connectivity index (χ2v) is 6.61. The number of ether oxygens (including phenoxy) is 1. The number of hydrogen-bond donors (Lipinski definition) is 1. The summed E-state index contributed by atoms with van der Waals surface area (Å²) in [7, 11) is 0. The number of aliphatic hydroxyl groups excluding tert-OH is 1. The summed E-state index contributed by atoms with van der Waals surface area (Å²) in [5.74, 6) is 1.37.